The minimum absolute atomic E-state index is 0.0277. The van der Waals surface area contributed by atoms with Crippen LogP contribution in [0.1, 0.15) is 48.8 Å². The van der Waals surface area contributed by atoms with Crippen LogP contribution in [0.2, 0.25) is 0 Å². The number of aryl methyl sites for hydroxylation is 1. The molecule has 4 rings (SSSR count). The molecule has 1 atom stereocenters. The summed E-state index contributed by atoms with van der Waals surface area (Å²) in [6.45, 7) is 2.93. The molecule has 220 valence electrons. The number of hydrogen-bond acceptors (Lipinski definition) is 6. The van der Waals surface area contributed by atoms with Crippen LogP contribution in [-0.2, 0) is 25.5 Å². The van der Waals surface area contributed by atoms with Crippen LogP contribution in [0.3, 0.4) is 0 Å². The van der Waals surface area contributed by atoms with Crippen LogP contribution in [0, 0.1) is 5.82 Å². The third-order valence-corrected chi connectivity index (χ3v) is 7.12. The smallest absolute Gasteiger partial charge is 0.306 e. The molecule has 0 aromatic heterocycles. The Bertz CT molecular complexity index is 1470. The lowest BCUT2D eigenvalue weighted by atomic mass is 9.89. The van der Waals surface area contributed by atoms with Crippen molar-refractivity contribution in [3.8, 4) is 0 Å². The Labute approximate surface area is 246 Å². The van der Waals surface area contributed by atoms with Crippen LogP contribution in [0.15, 0.2) is 71.7 Å². The summed E-state index contributed by atoms with van der Waals surface area (Å²) in [4.78, 5) is 46.4. The summed E-state index contributed by atoms with van der Waals surface area (Å²) in [5, 5.41) is 2.79. The van der Waals surface area contributed by atoms with Crippen molar-refractivity contribution in [3.63, 3.8) is 0 Å². The van der Waals surface area contributed by atoms with Gasteiger partial charge in [-0.3, -0.25) is 19.4 Å². The van der Waals surface area contributed by atoms with Crippen LogP contribution in [-0.4, -0.2) is 62.7 Å². The van der Waals surface area contributed by atoms with E-state index in [1.165, 1.54) is 12.1 Å². The van der Waals surface area contributed by atoms with Gasteiger partial charge in [0, 0.05) is 31.3 Å². The number of ether oxygens (including phenoxy) is 1. The summed E-state index contributed by atoms with van der Waals surface area (Å²) in [7, 11) is 5.71. The predicted octanol–water partition coefficient (Wildman–Crippen LogP) is 5.48. The van der Waals surface area contributed by atoms with Gasteiger partial charge in [0.1, 0.15) is 11.7 Å². The molecule has 1 heterocycles. The van der Waals surface area contributed by atoms with Crippen molar-refractivity contribution in [1.82, 2.24) is 4.90 Å². The summed E-state index contributed by atoms with van der Waals surface area (Å²) in [6.07, 6.45) is 1.93. The van der Waals surface area contributed by atoms with E-state index in [1.807, 2.05) is 67.5 Å². The molecular weight excluding hydrogens is 535 g/mol. The maximum Gasteiger partial charge on any atom is 0.306 e. The van der Waals surface area contributed by atoms with E-state index in [2.05, 4.69) is 5.32 Å². The Morgan fingerprint density at radius 3 is 2.48 bits per heavy atom. The molecular formula is C33H37FN4O4. The number of esters is 1. The monoisotopic (exact) mass is 572 g/mol. The van der Waals surface area contributed by atoms with Gasteiger partial charge in [0.05, 0.1) is 18.0 Å². The molecule has 0 spiro atoms. The van der Waals surface area contributed by atoms with Gasteiger partial charge in [-0.05, 0) is 99.6 Å². The van der Waals surface area contributed by atoms with Crippen molar-refractivity contribution >= 4 is 40.6 Å². The van der Waals surface area contributed by atoms with Gasteiger partial charge >= 0.3 is 5.97 Å². The maximum absolute atomic E-state index is 14.0. The van der Waals surface area contributed by atoms with Gasteiger partial charge in [0.15, 0.2) is 0 Å². The molecule has 9 heteroatoms. The van der Waals surface area contributed by atoms with Crippen molar-refractivity contribution < 1.29 is 23.5 Å². The Hall–Kier alpha value is -4.37. The van der Waals surface area contributed by atoms with Crippen molar-refractivity contribution in [2.75, 3.05) is 44.5 Å². The maximum atomic E-state index is 14.0. The molecule has 1 aliphatic heterocycles. The number of carbonyl (C=O) groups is 3. The number of carbonyl (C=O) groups excluding carboxylic acids is 3. The van der Waals surface area contributed by atoms with Gasteiger partial charge in [0.25, 0.3) is 0 Å². The molecule has 8 nitrogen and oxygen atoms in total. The SMILES string of the molecule is CCOC(=O)CCc1cccc(C(=Nc2ccc(N(C)C(=O)CCCN(C)C)cc2)C2C(=O)Nc3cc(F)ccc32)c1. The predicted molar refractivity (Wildman–Crippen MR) is 163 cm³/mol. The van der Waals surface area contributed by atoms with Gasteiger partial charge < -0.3 is 19.9 Å². The first kappa shape index (κ1) is 30.6. The lowest BCUT2D eigenvalue weighted by molar-refractivity contribution is -0.143. The van der Waals surface area contributed by atoms with Crippen molar-refractivity contribution in [3.05, 3.63) is 89.2 Å². The fourth-order valence-corrected chi connectivity index (χ4v) is 4.92. The average Bonchev–Trinajstić information content (AvgIpc) is 3.29. The van der Waals surface area contributed by atoms with Crippen LogP contribution >= 0.6 is 0 Å². The molecule has 3 aromatic rings. The van der Waals surface area contributed by atoms with Gasteiger partial charge in [-0.1, -0.05) is 24.3 Å². The van der Waals surface area contributed by atoms with E-state index in [9.17, 15) is 18.8 Å². The molecule has 0 saturated heterocycles. The molecule has 2 amide bonds. The molecule has 0 aliphatic carbocycles. The molecule has 3 aromatic carbocycles. The normalized spacial score (nSPS) is 14.5. The quantitative estimate of drug-likeness (QED) is 0.229. The van der Waals surface area contributed by atoms with Gasteiger partial charge in [-0.2, -0.15) is 0 Å². The number of nitrogens with one attached hydrogen (secondary N) is 1. The highest BCUT2D eigenvalue weighted by Gasteiger charge is 2.35. The summed E-state index contributed by atoms with van der Waals surface area (Å²) in [5.74, 6) is -1.75. The molecule has 0 radical (unpaired) electrons. The number of aliphatic imine (C=N–C) groups is 1. The standard InChI is InChI=1S/C33H37FN4O4/c1-5-42-30(40)18-11-22-8-6-9-23(20-22)32(31-27-17-12-24(34)21-28(27)36-33(31)41)35-25-13-15-26(16-14-25)38(4)29(39)10-7-19-37(2)3/h6,8-9,12-17,20-21,31H,5,7,10-11,18-19H2,1-4H3,(H,36,41). The first-order valence-corrected chi connectivity index (χ1v) is 14.1. The fraction of sp³-hybridized carbons (Fsp3) is 0.333. The molecule has 0 saturated carbocycles. The molecule has 1 unspecified atom stereocenters. The highest BCUT2D eigenvalue weighted by atomic mass is 19.1. The minimum atomic E-state index is -0.762. The van der Waals surface area contributed by atoms with E-state index in [-0.39, 0.29) is 24.2 Å². The Morgan fingerprint density at radius 1 is 1.00 bits per heavy atom. The van der Waals surface area contributed by atoms with Gasteiger partial charge in [-0.15, -0.1) is 0 Å². The number of anilines is 2. The van der Waals surface area contributed by atoms with Crippen molar-refractivity contribution in [1.29, 1.82) is 0 Å². The zero-order valence-corrected chi connectivity index (χ0v) is 24.5. The molecule has 1 N–H and O–H groups in total. The zero-order chi connectivity index (χ0) is 30.2. The topological polar surface area (TPSA) is 91.3 Å². The minimum Gasteiger partial charge on any atom is -0.466 e. The highest BCUT2D eigenvalue weighted by Crippen LogP contribution is 2.37. The number of benzene rings is 3. The van der Waals surface area contributed by atoms with E-state index in [0.717, 1.165) is 24.2 Å². The second-order valence-corrected chi connectivity index (χ2v) is 10.5. The third kappa shape index (κ3) is 7.67. The van der Waals surface area contributed by atoms with Crippen LogP contribution < -0.4 is 10.2 Å². The Morgan fingerprint density at radius 2 is 1.76 bits per heavy atom. The number of halogens is 1. The summed E-state index contributed by atoms with van der Waals surface area (Å²) in [6, 6.07) is 19.1. The number of nitrogens with zero attached hydrogens (tertiary/aromatic N) is 3. The number of rotatable bonds is 12. The average molecular weight is 573 g/mol. The third-order valence-electron chi connectivity index (χ3n) is 7.12. The van der Waals surface area contributed by atoms with Crippen LogP contribution in [0.5, 0.6) is 0 Å². The zero-order valence-electron chi connectivity index (χ0n) is 24.5. The van der Waals surface area contributed by atoms with Crippen LogP contribution in [0.4, 0.5) is 21.5 Å². The number of amides is 2. The molecule has 1 aliphatic rings. The van der Waals surface area contributed by atoms with Crippen molar-refractivity contribution in [2.45, 2.75) is 38.5 Å². The van der Waals surface area contributed by atoms with Gasteiger partial charge in [-0.25, -0.2) is 4.39 Å². The van der Waals surface area contributed by atoms with Crippen LogP contribution in [0.25, 0.3) is 0 Å². The van der Waals surface area contributed by atoms with E-state index < -0.39 is 11.7 Å². The second-order valence-electron chi connectivity index (χ2n) is 10.5. The molecule has 0 fully saturated rings. The van der Waals surface area contributed by atoms with E-state index in [4.69, 9.17) is 9.73 Å². The number of hydrogen-bond donors (Lipinski definition) is 1. The Kier molecular flexibility index (Phi) is 10.2. The van der Waals surface area contributed by atoms with Gasteiger partial charge in [0.2, 0.25) is 11.8 Å². The van der Waals surface area contributed by atoms with E-state index >= 15 is 0 Å². The summed E-state index contributed by atoms with van der Waals surface area (Å²) < 4.78 is 19.0. The van der Waals surface area contributed by atoms with E-state index in [1.54, 1.807) is 24.9 Å². The largest absolute Gasteiger partial charge is 0.466 e. The summed E-state index contributed by atoms with van der Waals surface area (Å²) in [5.41, 5.74) is 4.50. The van der Waals surface area contributed by atoms with Crippen molar-refractivity contribution in [2.24, 2.45) is 4.99 Å². The highest BCUT2D eigenvalue weighted by molar-refractivity contribution is 6.24. The molecule has 0 bridgehead atoms. The molecule has 42 heavy (non-hydrogen) atoms. The Balaban J connectivity index is 1.65. The summed E-state index contributed by atoms with van der Waals surface area (Å²) >= 11 is 0. The van der Waals surface area contributed by atoms with E-state index in [0.29, 0.717) is 47.7 Å². The first-order valence-electron chi connectivity index (χ1n) is 14.1. The number of fused-ring (bicyclic) bond motifs is 1. The lowest BCUT2D eigenvalue weighted by Crippen LogP contribution is -2.27. The first-order chi connectivity index (χ1) is 20.2. The fourth-order valence-electron chi connectivity index (χ4n) is 4.92. The lowest BCUT2D eigenvalue weighted by Gasteiger charge is -2.18. The second kappa shape index (κ2) is 14.0.